The lowest BCUT2D eigenvalue weighted by molar-refractivity contribution is -0.116. The summed E-state index contributed by atoms with van der Waals surface area (Å²) in [6.45, 7) is 1.44. The van der Waals surface area contributed by atoms with E-state index < -0.39 is 16.0 Å². The topological polar surface area (TPSA) is 92.8 Å². The van der Waals surface area contributed by atoms with Crippen LogP contribution in [0.5, 0.6) is 0 Å². The lowest BCUT2D eigenvalue weighted by Gasteiger charge is -2.23. The van der Waals surface area contributed by atoms with E-state index in [1.54, 1.807) is 35.7 Å². The second-order valence-corrected chi connectivity index (χ2v) is 7.95. The third-order valence-corrected chi connectivity index (χ3v) is 6.23. The van der Waals surface area contributed by atoms with E-state index in [0.717, 1.165) is 11.3 Å². The number of ether oxygens (including phenoxy) is 1. The number of nitrogens with one attached hydrogen (secondary N) is 1. The number of hydrogen-bond donors (Lipinski definition) is 1. The van der Waals surface area contributed by atoms with Crippen LogP contribution in [0.25, 0.3) is 0 Å². The number of methoxy groups -OCH3 is 1. The van der Waals surface area contributed by atoms with Crippen molar-refractivity contribution in [3.05, 3.63) is 47.3 Å². The summed E-state index contributed by atoms with van der Waals surface area (Å²) in [6.07, 6.45) is 0. The summed E-state index contributed by atoms with van der Waals surface area (Å²) < 4.78 is 31.6. The molecular weight excluding hydrogens is 364 g/mol. The van der Waals surface area contributed by atoms with Gasteiger partial charge in [-0.25, -0.2) is 17.9 Å². The standard InChI is InChI=1S/C16H18N2O5S2/c1-12(19)18(14-7-4-3-6-13(14)16(20)23-2)10-9-17-25(21,22)15-8-5-11-24-15/h3-8,11,17H,9-10H2,1-2H3. The number of hydrogen-bond acceptors (Lipinski definition) is 6. The van der Waals surface area contributed by atoms with E-state index in [1.807, 2.05) is 0 Å². The molecule has 7 nitrogen and oxygen atoms in total. The van der Waals surface area contributed by atoms with Gasteiger partial charge in [-0.1, -0.05) is 18.2 Å². The lowest BCUT2D eigenvalue weighted by Crippen LogP contribution is -2.38. The second kappa shape index (κ2) is 8.24. The van der Waals surface area contributed by atoms with Crippen LogP contribution in [-0.4, -0.2) is 40.5 Å². The number of amides is 1. The quantitative estimate of drug-likeness (QED) is 0.738. The number of carbonyl (C=O) groups is 2. The van der Waals surface area contributed by atoms with Crippen LogP contribution in [0.3, 0.4) is 0 Å². The number of rotatable bonds is 7. The van der Waals surface area contributed by atoms with Crippen molar-refractivity contribution in [1.82, 2.24) is 4.72 Å². The molecule has 2 aromatic rings. The molecule has 0 spiro atoms. The van der Waals surface area contributed by atoms with E-state index in [0.29, 0.717) is 5.69 Å². The maximum Gasteiger partial charge on any atom is 0.339 e. The average molecular weight is 382 g/mol. The highest BCUT2D eigenvalue weighted by molar-refractivity contribution is 7.91. The fourth-order valence-corrected chi connectivity index (χ4v) is 4.28. The molecule has 0 unspecified atom stereocenters. The van der Waals surface area contributed by atoms with E-state index in [2.05, 4.69) is 4.72 Å². The van der Waals surface area contributed by atoms with Crippen LogP contribution >= 0.6 is 11.3 Å². The Labute approximate surface area is 150 Å². The Morgan fingerprint density at radius 1 is 1.20 bits per heavy atom. The van der Waals surface area contributed by atoms with Gasteiger partial charge >= 0.3 is 5.97 Å². The molecule has 1 amide bonds. The molecule has 1 N–H and O–H groups in total. The molecule has 134 valence electrons. The molecule has 0 aliphatic carbocycles. The molecule has 0 aliphatic heterocycles. The van der Waals surface area contributed by atoms with Crippen molar-refractivity contribution in [3.63, 3.8) is 0 Å². The minimum absolute atomic E-state index is 0.00925. The van der Waals surface area contributed by atoms with Gasteiger partial charge in [-0.05, 0) is 23.6 Å². The first kappa shape index (κ1) is 19.1. The minimum atomic E-state index is -3.61. The molecule has 25 heavy (non-hydrogen) atoms. The van der Waals surface area contributed by atoms with Crippen molar-refractivity contribution in [3.8, 4) is 0 Å². The van der Waals surface area contributed by atoms with Gasteiger partial charge in [0.05, 0.1) is 18.4 Å². The second-order valence-electron chi connectivity index (χ2n) is 5.01. The zero-order valence-electron chi connectivity index (χ0n) is 13.8. The third-order valence-electron chi connectivity index (χ3n) is 3.37. The minimum Gasteiger partial charge on any atom is -0.465 e. The Kier molecular flexibility index (Phi) is 6.29. The Bertz CT molecular complexity index is 847. The van der Waals surface area contributed by atoms with Crippen LogP contribution in [-0.2, 0) is 19.6 Å². The summed E-state index contributed by atoms with van der Waals surface area (Å²) in [4.78, 5) is 25.2. The first-order chi connectivity index (χ1) is 11.9. The van der Waals surface area contributed by atoms with Crippen LogP contribution in [0.1, 0.15) is 17.3 Å². The lowest BCUT2D eigenvalue weighted by atomic mass is 10.1. The van der Waals surface area contributed by atoms with Gasteiger partial charge in [0.15, 0.2) is 0 Å². The number of sulfonamides is 1. The summed E-state index contributed by atoms with van der Waals surface area (Å²) >= 11 is 1.11. The molecule has 0 bridgehead atoms. The highest BCUT2D eigenvalue weighted by Crippen LogP contribution is 2.21. The summed E-state index contributed by atoms with van der Waals surface area (Å²) in [5.74, 6) is -0.882. The van der Waals surface area contributed by atoms with Crippen LogP contribution in [0.15, 0.2) is 46.0 Å². The van der Waals surface area contributed by atoms with Gasteiger partial charge in [-0.15, -0.1) is 11.3 Å². The maximum absolute atomic E-state index is 12.1. The van der Waals surface area contributed by atoms with Gasteiger partial charge in [0.1, 0.15) is 4.21 Å². The van der Waals surface area contributed by atoms with Crippen LogP contribution in [0, 0.1) is 0 Å². The fourth-order valence-electron chi connectivity index (χ4n) is 2.22. The zero-order valence-corrected chi connectivity index (χ0v) is 15.4. The molecule has 0 saturated carbocycles. The number of esters is 1. The van der Waals surface area contributed by atoms with Crippen LogP contribution < -0.4 is 9.62 Å². The van der Waals surface area contributed by atoms with E-state index >= 15 is 0 Å². The summed E-state index contributed by atoms with van der Waals surface area (Å²) in [6, 6.07) is 9.66. The van der Waals surface area contributed by atoms with Crippen LogP contribution in [0.4, 0.5) is 5.69 Å². The number of carbonyl (C=O) groups excluding carboxylic acids is 2. The van der Waals surface area contributed by atoms with Crippen LogP contribution in [0.2, 0.25) is 0 Å². The van der Waals surface area contributed by atoms with Gasteiger partial charge < -0.3 is 9.64 Å². The largest absolute Gasteiger partial charge is 0.465 e. The van der Waals surface area contributed by atoms with Gasteiger partial charge in [-0.3, -0.25) is 4.79 Å². The summed E-state index contributed by atoms with van der Waals surface area (Å²) in [5.41, 5.74) is 0.610. The highest BCUT2D eigenvalue weighted by atomic mass is 32.2. The molecule has 1 aromatic heterocycles. The van der Waals surface area contributed by atoms with Crippen molar-refractivity contribution in [2.24, 2.45) is 0 Å². The first-order valence-electron chi connectivity index (χ1n) is 7.35. The van der Waals surface area contributed by atoms with Crippen molar-refractivity contribution in [1.29, 1.82) is 0 Å². The van der Waals surface area contributed by atoms with E-state index in [9.17, 15) is 18.0 Å². The van der Waals surface area contributed by atoms with Gasteiger partial charge in [0.25, 0.3) is 0 Å². The molecule has 9 heteroatoms. The van der Waals surface area contributed by atoms with E-state index in [-0.39, 0.29) is 28.8 Å². The molecule has 0 radical (unpaired) electrons. The number of benzene rings is 1. The Balaban J connectivity index is 2.15. The van der Waals surface area contributed by atoms with Gasteiger partial charge in [-0.2, -0.15) is 0 Å². The molecule has 1 aromatic carbocycles. The number of para-hydroxylation sites is 1. The SMILES string of the molecule is COC(=O)c1ccccc1N(CCNS(=O)(=O)c1cccs1)C(C)=O. The smallest absolute Gasteiger partial charge is 0.339 e. The zero-order chi connectivity index (χ0) is 18.4. The van der Waals surface area contributed by atoms with E-state index in [1.165, 1.54) is 25.0 Å². The number of anilines is 1. The Morgan fingerprint density at radius 2 is 1.92 bits per heavy atom. The molecule has 0 saturated heterocycles. The Hall–Kier alpha value is -2.23. The Morgan fingerprint density at radius 3 is 2.52 bits per heavy atom. The third kappa shape index (κ3) is 4.65. The number of thiophene rings is 1. The van der Waals surface area contributed by atoms with Gasteiger partial charge in [0.2, 0.25) is 15.9 Å². The summed E-state index contributed by atoms with van der Waals surface area (Å²) in [5, 5.41) is 1.67. The molecule has 0 aliphatic rings. The predicted molar refractivity (Wildman–Crippen MR) is 95.3 cm³/mol. The van der Waals surface area contributed by atoms with Crippen molar-refractivity contribution in [2.45, 2.75) is 11.1 Å². The first-order valence-corrected chi connectivity index (χ1v) is 9.71. The monoisotopic (exact) mass is 382 g/mol. The van der Waals surface area contributed by atoms with Crippen molar-refractivity contribution in [2.75, 3.05) is 25.1 Å². The molecule has 2 rings (SSSR count). The molecule has 0 atom stereocenters. The van der Waals surface area contributed by atoms with Crippen molar-refractivity contribution < 1.29 is 22.7 Å². The normalized spacial score (nSPS) is 11.1. The van der Waals surface area contributed by atoms with Gasteiger partial charge in [0, 0.05) is 20.0 Å². The average Bonchev–Trinajstić information content (AvgIpc) is 3.13. The highest BCUT2D eigenvalue weighted by Gasteiger charge is 2.21. The molecule has 0 fully saturated rings. The molecule has 1 heterocycles. The van der Waals surface area contributed by atoms with E-state index in [4.69, 9.17) is 4.74 Å². The number of nitrogens with zero attached hydrogens (tertiary/aromatic N) is 1. The summed E-state index contributed by atoms with van der Waals surface area (Å²) in [7, 11) is -2.36. The maximum atomic E-state index is 12.1. The fraction of sp³-hybridized carbons (Fsp3) is 0.250. The molecular formula is C16H18N2O5S2. The van der Waals surface area contributed by atoms with Crippen molar-refractivity contribution >= 4 is 38.9 Å². The predicted octanol–water partition coefficient (Wildman–Crippen LogP) is 1.87.